The number of nitrogens with two attached hydrogens (primary N) is 1. The van der Waals surface area contributed by atoms with Gasteiger partial charge >= 0.3 is 0 Å². The zero-order valence-corrected chi connectivity index (χ0v) is 9.76. The Morgan fingerprint density at radius 2 is 1.89 bits per heavy atom. The van der Waals surface area contributed by atoms with Crippen molar-refractivity contribution in [3.05, 3.63) is 59.7 Å². The van der Waals surface area contributed by atoms with E-state index in [9.17, 15) is 9.90 Å². The first kappa shape index (κ1) is 12.0. The highest BCUT2D eigenvalue weighted by molar-refractivity contribution is 5.92. The van der Waals surface area contributed by atoms with E-state index in [4.69, 9.17) is 5.73 Å². The molecular formula is C14H14N2O2. The zero-order valence-electron chi connectivity index (χ0n) is 9.76. The maximum atomic E-state index is 10.9. The lowest BCUT2D eigenvalue weighted by Crippen LogP contribution is -2.10. The average molecular weight is 242 g/mol. The predicted molar refractivity (Wildman–Crippen MR) is 70.4 cm³/mol. The van der Waals surface area contributed by atoms with Crippen LogP contribution in [0, 0.1) is 0 Å². The number of aromatic hydroxyl groups is 1. The second-order valence-corrected chi connectivity index (χ2v) is 3.97. The Morgan fingerprint density at radius 3 is 2.50 bits per heavy atom. The lowest BCUT2D eigenvalue weighted by atomic mass is 10.1. The van der Waals surface area contributed by atoms with Gasteiger partial charge in [0, 0.05) is 23.9 Å². The van der Waals surface area contributed by atoms with Crippen molar-refractivity contribution in [3.63, 3.8) is 0 Å². The minimum Gasteiger partial charge on any atom is -0.508 e. The first-order valence-electron chi connectivity index (χ1n) is 5.57. The van der Waals surface area contributed by atoms with Crippen LogP contribution in [0.5, 0.6) is 5.75 Å². The minimum absolute atomic E-state index is 0.226. The van der Waals surface area contributed by atoms with E-state index in [1.165, 1.54) is 0 Å². The Kier molecular flexibility index (Phi) is 3.48. The van der Waals surface area contributed by atoms with E-state index in [-0.39, 0.29) is 5.75 Å². The number of hydrogen-bond acceptors (Lipinski definition) is 3. The van der Waals surface area contributed by atoms with E-state index >= 15 is 0 Å². The average Bonchev–Trinajstić information content (AvgIpc) is 2.37. The van der Waals surface area contributed by atoms with Gasteiger partial charge in [0.1, 0.15) is 5.75 Å². The molecule has 0 saturated carbocycles. The monoisotopic (exact) mass is 242 g/mol. The second kappa shape index (κ2) is 5.23. The van der Waals surface area contributed by atoms with Crippen LogP contribution in [-0.2, 0) is 6.54 Å². The summed E-state index contributed by atoms with van der Waals surface area (Å²) in [5.41, 5.74) is 7.53. The van der Waals surface area contributed by atoms with Gasteiger partial charge in [0.2, 0.25) is 5.91 Å². The van der Waals surface area contributed by atoms with Gasteiger partial charge in [-0.05, 0) is 29.8 Å². The fourth-order valence-corrected chi connectivity index (χ4v) is 1.61. The standard InChI is InChI=1S/C14H14N2O2/c15-14(18)11-6-4-10(5-7-11)9-16-12-2-1-3-13(17)8-12/h1-8,16-17H,9H2,(H2,15,18). The normalized spacial score (nSPS) is 10.0. The van der Waals surface area contributed by atoms with Gasteiger partial charge in [-0.1, -0.05) is 18.2 Å². The molecule has 0 aliphatic heterocycles. The molecule has 0 saturated heterocycles. The van der Waals surface area contributed by atoms with E-state index in [0.29, 0.717) is 12.1 Å². The molecule has 0 aromatic heterocycles. The van der Waals surface area contributed by atoms with Crippen molar-refractivity contribution in [3.8, 4) is 5.75 Å². The van der Waals surface area contributed by atoms with Crippen LogP contribution in [0.4, 0.5) is 5.69 Å². The molecule has 1 amide bonds. The SMILES string of the molecule is NC(=O)c1ccc(CNc2cccc(O)c2)cc1. The highest BCUT2D eigenvalue weighted by Gasteiger charge is 2.00. The Balaban J connectivity index is 2.00. The Hall–Kier alpha value is -2.49. The number of anilines is 1. The molecule has 0 unspecified atom stereocenters. The molecule has 92 valence electrons. The summed E-state index contributed by atoms with van der Waals surface area (Å²) in [7, 11) is 0. The van der Waals surface area contributed by atoms with E-state index < -0.39 is 5.91 Å². The van der Waals surface area contributed by atoms with E-state index in [0.717, 1.165) is 11.3 Å². The van der Waals surface area contributed by atoms with Gasteiger partial charge < -0.3 is 16.2 Å². The van der Waals surface area contributed by atoms with Crippen LogP contribution < -0.4 is 11.1 Å². The molecule has 4 N–H and O–H groups in total. The number of phenols is 1. The molecule has 0 aliphatic rings. The summed E-state index contributed by atoms with van der Waals surface area (Å²) < 4.78 is 0. The first-order valence-corrected chi connectivity index (χ1v) is 5.57. The zero-order chi connectivity index (χ0) is 13.0. The van der Waals surface area contributed by atoms with Crippen molar-refractivity contribution in [2.24, 2.45) is 5.73 Å². The van der Waals surface area contributed by atoms with Crippen molar-refractivity contribution in [2.75, 3.05) is 5.32 Å². The molecule has 0 spiro atoms. The summed E-state index contributed by atoms with van der Waals surface area (Å²) >= 11 is 0. The number of benzene rings is 2. The number of hydrogen-bond donors (Lipinski definition) is 3. The van der Waals surface area contributed by atoms with Crippen molar-refractivity contribution in [1.82, 2.24) is 0 Å². The van der Waals surface area contributed by atoms with Crippen LogP contribution in [-0.4, -0.2) is 11.0 Å². The van der Waals surface area contributed by atoms with Gasteiger partial charge in [-0.2, -0.15) is 0 Å². The molecule has 0 radical (unpaired) electrons. The highest BCUT2D eigenvalue weighted by atomic mass is 16.3. The minimum atomic E-state index is -0.428. The molecule has 4 nitrogen and oxygen atoms in total. The molecule has 2 rings (SSSR count). The summed E-state index contributed by atoms with van der Waals surface area (Å²) in [5.74, 6) is -0.202. The van der Waals surface area contributed by atoms with Gasteiger partial charge in [-0.3, -0.25) is 4.79 Å². The van der Waals surface area contributed by atoms with Crippen LogP contribution in [0.3, 0.4) is 0 Å². The molecule has 0 atom stereocenters. The number of phenolic OH excluding ortho intramolecular Hbond substituents is 1. The number of nitrogens with one attached hydrogen (secondary N) is 1. The molecule has 0 heterocycles. The van der Waals surface area contributed by atoms with Crippen LogP contribution >= 0.6 is 0 Å². The third-order valence-electron chi connectivity index (χ3n) is 2.58. The van der Waals surface area contributed by atoms with E-state index in [1.54, 1.807) is 30.3 Å². The third kappa shape index (κ3) is 3.01. The summed E-state index contributed by atoms with van der Waals surface area (Å²) in [5, 5.41) is 12.5. The number of carbonyl (C=O) groups excluding carboxylic acids is 1. The fourth-order valence-electron chi connectivity index (χ4n) is 1.61. The lowest BCUT2D eigenvalue weighted by Gasteiger charge is -2.07. The number of carbonyl (C=O) groups is 1. The van der Waals surface area contributed by atoms with Gasteiger partial charge in [-0.15, -0.1) is 0 Å². The Labute approximate surface area is 105 Å². The van der Waals surface area contributed by atoms with Gasteiger partial charge in [0.25, 0.3) is 0 Å². The maximum absolute atomic E-state index is 10.9. The van der Waals surface area contributed by atoms with Crippen molar-refractivity contribution < 1.29 is 9.90 Å². The molecule has 0 aliphatic carbocycles. The van der Waals surface area contributed by atoms with Crippen LogP contribution in [0.2, 0.25) is 0 Å². The number of rotatable bonds is 4. The van der Waals surface area contributed by atoms with Crippen molar-refractivity contribution in [2.45, 2.75) is 6.54 Å². The first-order chi connectivity index (χ1) is 8.65. The van der Waals surface area contributed by atoms with Crippen LogP contribution in [0.1, 0.15) is 15.9 Å². The Bertz CT molecular complexity index is 550. The largest absolute Gasteiger partial charge is 0.508 e. The smallest absolute Gasteiger partial charge is 0.248 e. The quantitative estimate of drug-likeness (QED) is 0.768. The summed E-state index contributed by atoms with van der Waals surface area (Å²) in [6, 6.07) is 14.0. The van der Waals surface area contributed by atoms with Crippen molar-refractivity contribution in [1.29, 1.82) is 0 Å². The summed E-state index contributed by atoms with van der Waals surface area (Å²) in [6.45, 7) is 0.614. The van der Waals surface area contributed by atoms with E-state index in [1.807, 2.05) is 18.2 Å². The van der Waals surface area contributed by atoms with Crippen LogP contribution in [0.25, 0.3) is 0 Å². The predicted octanol–water partition coefficient (Wildman–Crippen LogP) is 2.10. The highest BCUT2D eigenvalue weighted by Crippen LogP contribution is 2.16. The number of primary amides is 1. The number of amides is 1. The van der Waals surface area contributed by atoms with Crippen LogP contribution in [0.15, 0.2) is 48.5 Å². The molecule has 2 aromatic carbocycles. The lowest BCUT2D eigenvalue weighted by molar-refractivity contribution is 0.100. The van der Waals surface area contributed by atoms with E-state index in [2.05, 4.69) is 5.32 Å². The topological polar surface area (TPSA) is 75.4 Å². The van der Waals surface area contributed by atoms with Gasteiger partial charge in [0.05, 0.1) is 0 Å². The molecular weight excluding hydrogens is 228 g/mol. The summed E-state index contributed by atoms with van der Waals surface area (Å²) in [4.78, 5) is 10.9. The fraction of sp³-hybridized carbons (Fsp3) is 0.0714. The molecule has 0 bridgehead atoms. The molecule has 4 heteroatoms. The maximum Gasteiger partial charge on any atom is 0.248 e. The van der Waals surface area contributed by atoms with Crippen molar-refractivity contribution >= 4 is 11.6 Å². The molecule has 18 heavy (non-hydrogen) atoms. The second-order valence-electron chi connectivity index (χ2n) is 3.97. The van der Waals surface area contributed by atoms with Gasteiger partial charge in [-0.25, -0.2) is 0 Å². The molecule has 2 aromatic rings. The van der Waals surface area contributed by atoms with Gasteiger partial charge in [0.15, 0.2) is 0 Å². The third-order valence-corrected chi connectivity index (χ3v) is 2.58. The Morgan fingerprint density at radius 1 is 1.17 bits per heavy atom. The summed E-state index contributed by atoms with van der Waals surface area (Å²) in [6.07, 6.45) is 0. The molecule has 0 fully saturated rings.